The second-order valence-electron chi connectivity index (χ2n) is 10.8. The number of hydrogen-bond acceptors (Lipinski definition) is 2. The summed E-state index contributed by atoms with van der Waals surface area (Å²) in [5.41, 5.74) is 10.1. The predicted molar refractivity (Wildman–Crippen MR) is 172 cm³/mol. The van der Waals surface area contributed by atoms with Gasteiger partial charge in [0, 0.05) is 45.1 Å². The van der Waals surface area contributed by atoms with Crippen molar-refractivity contribution < 1.29 is 4.92 Å². The molecule has 0 aliphatic carbocycles. The van der Waals surface area contributed by atoms with E-state index < -0.39 is 0 Å². The average Bonchev–Trinajstić information content (AvgIpc) is 3.53. The lowest BCUT2D eigenvalue weighted by atomic mass is 10.0. The van der Waals surface area contributed by atoms with E-state index in [1.807, 2.05) is 24.3 Å². The molecule has 0 N–H and O–H groups in total. The van der Waals surface area contributed by atoms with E-state index in [1.54, 1.807) is 12.1 Å². The first-order valence-electron chi connectivity index (χ1n) is 14.0. The second-order valence-corrected chi connectivity index (χ2v) is 10.8. The monoisotopic (exact) mass is 543 g/mol. The molecular formula is C37H25N3O2. The third-order valence-electron chi connectivity index (χ3n) is 8.28. The van der Waals surface area contributed by atoms with Crippen molar-refractivity contribution in [1.29, 1.82) is 0 Å². The van der Waals surface area contributed by atoms with E-state index in [9.17, 15) is 10.1 Å². The van der Waals surface area contributed by atoms with Gasteiger partial charge >= 0.3 is 0 Å². The number of hydrogen-bond donors (Lipinski definition) is 0. The van der Waals surface area contributed by atoms with Crippen LogP contribution in [0.4, 0.5) is 5.69 Å². The molecule has 8 rings (SSSR count). The highest BCUT2D eigenvalue weighted by molar-refractivity contribution is 6.10. The van der Waals surface area contributed by atoms with Crippen molar-refractivity contribution >= 4 is 49.3 Å². The van der Waals surface area contributed by atoms with E-state index in [1.165, 1.54) is 27.4 Å². The molecule has 0 spiro atoms. The maximum absolute atomic E-state index is 11.4. The zero-order valence-electron chi connectivity index (χ0n) is 22.9. The Morgan fingerprint density at radius 1 is 0.500 bits per heavy atom. The van der Waals surface area contributed by atoms with Crippen LogP contribution < -0.4 is 0 Å². The highest BCUT2D eigenvalue weighted by Crippen LogP contribution is 2.36. The van der Waals surface area contributed by atoms with Crippen LogP contribution in [0.15, 0.2) is 133 Å². The van der Waals surface area contributed by atoms with Crippen molar-refractivity contribution in [2.75, 3.05) is 0 Å². The number of aromatic nitrogens is 2. The smallest absolute Gasteiger partial charge is 0.270 e. The molecule has 0 aliphatic rings. The Kier molecular flexibility index (Phi) is 5.28. The predicted octanol–water partition coefficient (Wildman–Crippen LogP) is 9.76. The lowest BCUT2D eigenvalue weighted by Gasteiger charge is -2.11. The number of para-hydroxylation sites is 2. The third kappa shape index (κ3) is 3.64. The standard InChI is InChI=1S/C37H25N3O2/c1-24-10-20-36-32(22-24)30-6-2-4-8-34(30)38(36)27-15-11-25(12-16-27)26-13-17-28(18-14-26)39-35-9-5-3-7-31(35)33-23-29(40(41)42)19-21-37(33)39/h2-23H,1H3. The maximum atomic E-state index is 11.4. The number of nitro benzene ring substituents is 1. The summed E-state index contributed by atoms with van der Waals surface area (Å²) in [6, 6.07) is 45.6. The van der Waals surface area contributed by atoms with Gasteiger partial charge < -0.3 is 9.13 Å². The number of benzene rings is 6. The van der Waals surface area contributed by atoms with Crippen LogP contribution in [0, 0.1) is 17.0 Å². The molecule has 0 radical (unpaired) electrons. The minimum absolute atomic E-state index is 0.0974. The number of rotatable bonds is 4. The van der Waals surface area contributed by atoms with Crippen molar-refractivity contribution in [2.24, 2.45) is 0 Å². The van der Waals surface area contributed by atoms with E-state index in [4.69, 9.17) is 0 Å². The molecule has 5 heteroatoms. The summed E-state index contributed by atoms with van der Waals surface area (Å²) in [7, 11) is 0. The SMILES string of the molecule is Cc1ccc2c(c1)c1ccccc1n2-c1ccc(-c2ccc(-n3c4ccccc4c4cc([N+](=O)[O-])ccc43)cc2)cc1. The van der Waals surface area contributed by atoms with E-state index >= 15 is 0 Å². The summed E-state index contributed by atoms with van der Waals surface area (Å²) in [5.74, 6) is 0. The van der Waals surface area contributed by atoms with Gasteiger partial charge in [0.1, 0.15) is 0 Å². The van der Waals surface area contributed by atoms with Crippen LogP contribution in [0.5, 0.6) is 0 Å². The molecule has 0 saturated carbocycles. The Hall–Kier alpha value is -5.68. The third-order valence-corrected chi connectivity index (χ3v) is 8.28. The summed E-state index contributed by atoms with van der Waals surface area (Å²) in [4.78, 5) is 11.1. The molecular weight excluding hydrogens is 518 g/mol. The van der Waals surface area contributed by atoms with Crippen molar-refractivity contribution in [3.8, 4) is 22.5 Å². The largest absolute Gasteiger partial charge is 0.309 e. The fraction of sp³-hybridized carbons (Fsp3) is 0.0270. The lowest BCUT2D eigenvalue weighted by molar-refractivity contribution is -0.384. The van der Waals surface area contributed by atoms with E-state index in [-0.39, 0.29) is 10.6 Å². The summed E-state index contributed by atoms with van der Waals surface area (Å²) in [6.07, 6.45) is 0. The highest BCUT2D eigenvalue weighted by atomic mass is 16.6. The second kappa shape index (κ2) is 9.18. The molecule has 5 nitrogen and oxygen atoms in total. The van der Waals surface area contributed by atoms with Gasteiger partial charge in [0.25, 0.3) is 5.69 Å². The zero-order valence-corrected chi connectivity index (χ0v) is 22.9. The van der Waals surface area contributed by atoms with Gasteiger partial charge in [-0.1, -0.05) is 72.3 Å². The molecule has 0 aliphatic heterocycles. The van der Waals surface area contributed by atoms with Gasteiger partial charge in [-0.25, -0.2) is 0 Å². The average molecular weight is 544 g/mol. The minimum Gasteiger partial charge on any atom is -0.309 e. The van der Waals surface area contributed by atoms with Crippen molar-refractivity contribution in [1.82, 2.24) is 9.13 Å². The van der Waals surface area contributed by atoms with Crippen molar-refractivity contribution in [2.45, 2.75) is 6.92 Å². The first-order valence-corrected chi connectivity index (χ1v) is 14.0. The first kappa shape index (κ1) is 24.1. The van der Waals surface area contributed by atoms with Crippen molar-refractivity contribution in [3.63, 3.8) is 0 Å². The maximum Gasteiger partial charge on any atom is 0.270 e. The Bertz CT molecular complexity index is 2330. The molecule has 0 fully saturated rings. The molecule has 200 valence electrons. The molecule has 8 aromatic rings. The Balaban J connectivity index is 1.19. The topological polar surface area (TPSA) is 53.0 Å². The van der Waals surface area contributed by atoms with Crippen LogP contribution in [-0.4, -0.2) is 14.1 Å². The van der Waals surface area contributed by atoms with Gasteiger partial charge in [0.15, 0.2) is 0 Å². The Morgan fingerprint density at radius 3 is 1.48 bits per heavy atom. The fourth-order valence-electron chi connectivity index (χ4n) is 6.32. The van der Waals surface area contributed by atoms with Gasteiger partial charge in [0.05, 0.1) is 27.0 Å². The number of nitro groups is 1. The van der Waals surface area contributed by atoms with E-state index in [0.717, 1.165) is 44.3 Å². The number of non-ortho nitro benzene ring substituents is 1. The molecule has 0 unspecified atom stereocenters. The van der Waals surface area contributed by atoms with Gasteiger partial charge in [-0.15, -0.1) is 0 Å². The van der Waals surface area contributed by atoms with Gasteiger partial charge in [-0.3, -0.25) is 10.1 Å². The summed E-state index contributed by atoms with van der Waals surface area (Å²) < 4.78 is 4.51. The van der Waals surface area contributed by atoms with Crippen LogP contribution >= 0.6 is 0 Å². The Labute approximate surface area is 241 Å². The summed E-state index contributed by atoms with van der Waals surface area (Å²) in [6.45, 7) is 2.14. The zero-order chi connectivity index (χ0) is 28.4. The van der Waals surface area contributed by atoms with Gasteiger partial charge in [-0.2, -0.15) is 0 Å². The highest BCUT2D eigenvalue weighted by Gasteiger charge is 2.16. The van der Waals surface area contributed by atoms with Gasteiger partial charge in [-0.05, 0) is 72.6 Å². The molecule has 0 atom stereocenters. The van der Waals surface area contributed by atoms with Crippen LogP contribution in [0.25, 0.3) is 66.1 Å². The minimum atomic E-state index is -0.339. The molecule has 6 aromatic carbocycles. The molecule has 2 aromatic heterocycles. The van der Waals surface area contributed by atoms with Crippen LogP contribution in [0.1, 0.15) is 5.56 Å². The fourth-order valence-corrected chi connectivity index (χ4v) is 6.32. The molecule has 0 saturated heterocycles. The first-order chi connectivity index (χ1) is 20.6. The van der Waals surface area contributed by atoms with Crippen LogP contribution in [-0.2, 0) is 0 Å². The molecule has 42 heavy (non-hydrogen) atoms. The number of nitrogens with zero attached hydrogens (tertiary/aromatic N) is 3. The van der Waals surface area contributed by atoms with Crippen LogP contribution in [0.3, 0.4) is 0 Å². The molecule has 0 amide bonds. The number of aryl methyl sites for hydroxylation is 1. The normalized spacial score (nSPS) is 11.6. The summed E-state index contributed by atoms with van der Waals surface area (Å²) >= 11 is 0. The van der Waals surface area contributed by atoms with Crippen molar-refractivity contribution in [3.05, 3.63) is 149 Å². The molecule has 2 heterocycles. The lowest BCUT2D eigenvalue weighted by Crippen LogP contribution is -1.95. The summed E-state index contributed by atoms with van der Waals surface area (Å²) in [5, 5.41) is 15.8. The quantitative estimate of drug-likeness (QED) is 0.164. The van der Waals surface area contributed by atoms with Gasteiger partial charge in [0.2, 0.25) is 0 Å². The number of fused-ring (bicyclic) bond motifs is 6. The van der Waals surface area contributed by atoms with E-state index in [2.05, 4.69) is 113 Å². The molecule has 0 bridgehead atoms. The Morgan fingerprint density at radius 2 is 0.952 bits per heavy atom. The van der Waals surface area contributed by atoms with Crippen LogP contribution in [0.2, 0.25) is 0 Å². The van der Waals surface area contributed by atoms with E-state index in [0.29, 0.717) is 0 Å².